The maximum atomic E-state index is 6.03. The standard InChI is InChI=1S/C13H17ClN2/c1-16(11-7-15-8-11)13-5-2-9-6-10(14)3-4-12(9)13/h3-4,6,11,13,15H,2,5,7-8H2,1H3. The zero-order chi connectivity index (χ0) is 11.1. The molecule has 1 N–H and O–H groups in total. The molecule has 1 unspecified atom stereocenters. The highest BCUT2D eigenvalue weighted by molar-refractivity contribution is 6.30. The van der Waals surface area contributed by atoms with Gasteiger partial charge in [-0.1, -0.05) is 17.7 Å². The molecule has 1 aliphatic carbocycles. The second kappa shape index (κ2) is 4.02. The molecule has 1 aromatic rings. The molecule has 2 nitrogen and oxygen atoms in total. The number of hydrogen-bond donors (Lipinski definition) is 1. The third-order valence-corrected chi connectivity index (χ3v) is 4.21. The number of nitrogens with zero attached hydrogens (tertiary/aromatic N) is 1. The quantitative estimate of drug-likeness (QED) is 0.847. The van der Waals surface area contributed by atoms with E-state index in [1.54, 1.807) is 0 Å². The smallest absolute Gasteiger partial charge is 0.0408 e. The van der Waals surface area contributed by atoms with E-state index in [2.05, 4.69) is 29.4 Å². The molecule has 16 heavy (non-hydrogen) atoms. The van der Waals surface area contributed by atoms with Crippen LogP contribution in [0.3, 0.4) is 0 Å². The fourth-order valence-corrected chi connectivity index (χ4v) is 3.00. The minimum atomic E-state index is 0.597. The monoisotopic (exact) mass is 236 g/mol. The molecule has 0 amide bonds. The van der Waals surface area contributed by atoms with Crippen molar-refractivity contribution in [1.29, 1.82) is 0 Å². The molecule has 0 bridgehead atoms. The molecule has 1 heterocycles. The van der Waals surface area contributed by atoms with Crippen LogP contribution in [0.1, 0.15) is 23.6 Å². The molecule has 1 saturated heterocycles. The molecule has 0 saturated carbocycles. The summed E-state index contributed by atoms with van der Waals surface area (Å²) in [7, 11) is 2.25. The minimum Gasteiger partial charge on any atom is -0.314 e. The number of rotatable bonds is 2. The second-order valence-corrected chi connectivity index (χ2v) is 5.31. The van der Waals surface area contributed by atoms with Gasteiger partial charge in [-0.2, -0.15) is 0 Å². The Morgan fingerprint density at radius 3 is 2.88 bits per heavy atom. The van der Waals surface area contributed by atoms with E-state index in [0.29, 0.717) is 12.1 Å². The van der Waals surface area contributed by atoms with Crippen molar-refractivity contribution < 1.29 is 0 Å². The maximum Gasteiger partial charge on any atom is 0.0408 e. The largest absolute Gasteiger partial charge is 0.314 e. The van der Waals surface area contributed by atoms with E-state index in [1.165, 1.54) is 24.0 Å². The van der Waals surface area contributed by atoms with E-state index in [-0.39, 0.29) is 0 Å². The number of hydrogen-bond acceptors (Lipinski definition) is 2. The van der Waals surface area contributed by atoms with Gasteiger partial charge in [0.15, 0.2) is 0 Å². The molecule has 0 spiro atoms. The Morgan fingerprint density at radius 2 is 2.19 bits per heavy atom. The number of likely N-dealkylation sites (N-methyl/N-ethyl adjacent to an activating group) is 1. The van der Waals surface area contributed by atoms with Crippen molar-refractivity contribution in [2.45, 2.75) is 24.9 Å². The fourth-order valence-electron chi connectivity index (χ4n) is 2.80. The molecule has 1 aromatic carbocycles. The molecule has 3 rings (SSSR count). The topological polar surface area (TPSA) is 15.3 Å². The van der Waals surface area contributed by atoms with Gasteiger partial charge in [0.25, 0.3) is 0 Å². The van der Waals surface area contributed by atoms with Crippen molar-refractivity contribution in [2.24, 2.45) is 0 Å². The van der Waals surface area contributed by atoms with Crippen LogP contribution in [0.25, 0.3) is 0 Å². The lowest BCUT2D eigenvalue weighted by Gasteiger charge is -2.39. The summed E-state index contributed by atoms with van der Waals surface area (Å²) in [5.74, 6) is 0. The summed E-state index contributed by atoms with van der Waals surface area (Å²) in [5.41, 5.74) is 2.93. The van der Waals surface area contributed by atoms with E-state index in [0.717, 1.165) is 18.1 Å². The molecule has 0 aromatic heterocycles. The van der Waals surface area contributed by atoms with E-state index in [4.69, 9.17) is 11.6 Å². The summed E-state index contributed by atoms with van der Waals surface area (Å²) in [6.45, 7) is 2.27. The number of fused-ring (bicyclic) bond motifs is 1. The SMILES string of the molecule is CN(C1CNC1)C1CCc2cc(Cl)ccc21. The zero-order valence-corrected chi connectivity index (χ0v) is 10.3. The van der Waals surface area contributed by atoms with Gasteiger partial charge >= 0.3 is 0 Å². The summed E-state index contributed by atoms with van der Waals surface area (Å²) in [6, 6.07) is 7.67. The maximum absolute atomic E-state index is 6.03. The van der Waals surface area contributed by atoms with Crippen LogP contribution in [-0.4, -0.2) is 31.1 Å². The third kappa shape index (κ3) is 1.65. The van der Waals surface area contributed by atoms with Gasteiger partial charge in [-0.3, -0.25) is 4.90 Å². The van der Waals surface area contributed by atoms with Gasteiger partial charge in [0.2, 0.25) is 0 Å². The van der Waals surface area contributed by atoms with Crippen molar-refractivity contribution in [3.63, 3.8) is 0 Å². The average Bonchev–Trinajstić information content (AvgIpc) is 2.57. The van der Waals surface area contributed by atoms with E-state index in [9.17, 15) is 0 Å². The lowest BCUT2D eigenvalue weighted by atomic mass is 10.0. The number of aryl methyl sites for hydroxylation is 1. The second-order valence-electron chi connectivity index (χ2n) is 4.88. The first-order valence-corrected chi connectivity index (χ1v) is 6.34. The molecule has 0 radical (unpaired) electrons. The molecule has 1 atom stereocenters. The van der Waals surface area contributed by atoms with Crippen LogP contribution < -0.4 is 5.32 Å². The first kappa shape index (κ1) is 10.6. The highest BCUT2D eigenvalue weighted by Crippen LogP contribution is 2.37. The van der Waals surface area contributed by atoms with Gasteiger partial charge in [0.05, 0.1) is 0 Å². The first-order chi connectivity index (χ1) is 7.75. The number of halogens is 1. The van der Waals surface area contributed by atoms with E-state index in [1.807, 2.05) is 6.07 Å². The van der Waals surface area contributed by atoms with Crippen molar-refractivity contribution in [2.75, 3.05) is 20.1 Å². The average molecular weight is 237 g/mol. The van der Waals surface area contributed by atoms with Gasteiger partial charge in [-0.05, 0) is 43.1 Å². The van der Waals surface area contributed by atoms with E-state index < -0.39 is 0 Å². The predicted molar refractivity (Wildman–Crippen MR) is 66.9 cm³/mol. The Bertz CT molecular complexity index is 401. The molecule has 1 aliphatic heterocycles. The van der Waals surface area contributed by atoms with Crippen molar-refractivity contribution in [3.05, 3.63) is 34.3 Å². The third-order valence-electron chi connectivity index (χ3n) is 3.98. The lowest BCUT2D eigenvalue weighted by molar-refractivity contribution is 0.127. The Kier molecular flexibility index (Phi) is 2.66. The van der Waals surface area contributed by atoms with Crippen LogP contribution in [0.5, 0.6) is 0 Å². The molecule has 86 valence electrons. The normalized spacial score (nSPS) is 24.6. The molecule has 1 fully saturated rings. The van der Waals surface area contributed by atoms with E-state index >= 15 is 0 Å². The molecule has 3 heteroatoms. The van der Waals surface area contributed by atoms with Gasteiger partial charge in [0.1, 0.15) is 0 Å². The highest BCUT2D eigenvalue weighted by atomic mass is 35.5. The van der Waals surface area contributed by atoms with Crippen molar-refractivity contribution >= 4 is 11.6 Å². The lowest BCUT2D eigenvalue weighted by Crippen LogP contribution is -2.56. The van der Waals surface area contributed by atoms with Gasteiger partial charge in [-0.25, -0.2) is 0 Å². The Hall–Kier alpha value is -0.570. The summed E-state index contributed by atoms with van der Waals surface area (Å²) in [4.78, 5) is 2.52. The summed E-state index contributed by atoms with van der Waals surface area (Å²) in [6.07, 6.45) is 2.41. The van der Waals surface area contributed by atoms with Crippen molar-refractivity contribution in [1.82, 2.24) is 10.2 Å². The van der Waals surface area contributed by atoms with Crippen LogP contribution in [-0.2, 0) is 6.42 Å². The highest BCUT2D eigenvalue weighted by Gasteiger charge is 2.32. The van der Waals surface area contributed by atoms with Crippen LogP contribution in [0, 0.1) is 0 Å². The zero-order valence-electron chi connectivity index (χ0n) is 9.54. The Morgan fingerprint density at radius 1 is 1.38 bits per heavy atom. The summed E-state index contributed by atoms with van der Waals surface area (Å²) in [5, 5.41) is 4.20. The molecular weight excluding hydrogens is 220 g/mol. The number of benzene rings is 1. The Balaban J connectivity index is 1.84. The van der Waals surface area contributed by atoms with Crippen LogP contribution in [0.15, 0.2) is 18.2 Å². The predicted octanol–water partition coefficient (Wildman–Crippen LogP) is 2.23. The van der Waals surface area contributed by atoms with Crippen LogP contribution in [0.2, 0.25) is 5.02 Å². The molecular formula is C13H17ClN2. The first-order valence-electron chi connectivity index (χ1n) is 5.96. The molecule has 2 aliphatic rings. The minimum absolute atomic E-state index is 0.597. The summed E-state index contributed by atoms with van der Waals surface area (Å²) >= 11 is 6.03. The number of nitrogens with one attached hydrogen (secondary N) is 1. The van der Waals surface area contributed by atoms with Gasteiger partial charge < -0.3 is 5.32 Å². The van der Waals surface area contributed by atoms with Gasteiger partial charge in [-0.15, -0.1) is 0 Å². The van der Waals surface area contributed by atoms with Gasteiger partial charge in [0, 0.05) is 30.2 Å². The van der Waals surface area contributed by atoms with Crippen molar-refractivity contribution in [3.8, 4) is 0 Å². The Labute approximate surface area is 102 Å². The summed E-state index contributed by atoms with van der Waals surface area (Å²) < 4.78 is 0. The van der Waals surface area contributed by atoms with Crippen LogP contribution in [0.4, 0.5) is 0 Å². The van der Waals surface area contributed by atoms with Crippen LogP contribution >= 0.6 is 11.6 Å². The fraction of sp³-hybridized carbons (Fsp3) is 0.538.